The van der Waals surface area contributed by atoms with Crippen molar-refractivity contribution in [3.05, 3.63) is 46.8 Å². The van der Waals surface area contributed by atoms with E-state index in [1.807, 2.05) is 0 Å². The number of piperazine rings is 1. The lowest BCUT2D eigenvalue weighted by atomic mass is 10.1. The molecular weight excluding hydrogens is 401 g/mol. The monoisotopic (exact) mass is 422 g/mol. The van der Waals surface area contributed by atoms with Crippen LogP contribution in [0.3, 0.4) is 0 Å². The number of carbonyl (C=O) groups is 3. The first-order chi connectivity index (χ1) is 14.0. The molecule has 30 heavy (non-hydrogen) atoms. The molecule has 0 aliphatic carbocycles. The summed E-state index contributed by atoms with van der Waals surface area (Å²) in [7, 11) is 0. The van der Waals surface area contributed by atoms with Gasteiger partial charge >= 0.3 is 6.18 Å². The highest BCUT2D eigenvalue weighted by atomic mass is 19.4. The van der Waals surface area contributed by atoms with Crippen molar-refractivity contribution in [1.82, 2.24) is 19.6 Å². The van der Waals surface area contributed by atoms with E-state index in [4.69, 9.17) is 0 Å². The summed E-state index contributed by atoms with van der Waals surface area (Å²) >= 11 is 0. The summed E-state index contributed by atoms with van der Waals surface area (Å²) in [5.74, 6) is -1.57. The van der Waals surface area contributed by atoms with Gasteiger partial charge in [-0.25, -0.2) is 4.68 Å². The molecule has 3 rings (SSSR count). The van der Waals surface area contributed by atoms with Gasteiger partial charge < -0.3 is 9.80 Å². The van der Waals surface area contributed by atoms with Gasteiger partial charge in [0.2, 0.25) is 5.91 Å². The predicted octanol–water partition coefficient (Wildman–Crippen LogP) is 2.38. The van der Waals surface area contributed by atoms with Crippen LogP contribution in [-0.2, 0) is 15.8 Å². The summed E-state index contributed by atoms with van der Waals surface area (Å²) in [6, 6.07) is 4.60. The maximum atomic E-state index is 13.0. The molecule has 160 valence electrons. The zero-order chi connectivity index (χ0) is 22.2. The van der Waals surface area contributed by atoms with E-state index >= 15 is 0 Å². The largest absolute Gasteiger partial charge is 0.416 e. The molecule has 0 unspecified atom stereocenters. The van der Waals surface area contributed by atoms with Gasteiger partial charge in [-0.2, -0.15) is 18.3 Å². The number of aryl methyl sites for hydroxylation is 1. The Kier molecular flexibility index (Phi) is 5.69. The van der Waals surface area contributed by atoms with Crippen molar-refractivity contribution in [2.45, 2.75) is 26.9 Å². The van der Waals surface area contributed by atoms with Gasteiger partial charge in [0.15, 0.2) is 0 Å². The Morgan fingerprint density at radius 1 is 1.00 bits per heavy atom. The third-order valence-corrected chi connectivity index (χ3v) is 5.14. The molecule has 0 bridgehead atoms. The minimum atomic E-state index is -4.51. The molecule has 0 saturated carbocycles. The highest BCUT2D eigenvalue weighted by molar-refractivity contribution is 6.43. The van der Waals surface area contributed by atoms with E-state index in [0.29, 0.717) is 13.1 Å². The molecule has 0 radical (unpaired) electrons. The molecule has 0 N–H and O–H groups in total. The number of halogens is 3. The van der Waals surface area contributed by atoms with Crippen LogP contribution in [0.1, 0.15) is 34.2 Å². The van der Waals surface area contributed by atoms with Crippen molar-refractivity contribution in [3.63, 3.8) is 0 Å². The van der Waals surface area contributed by atoms with Crippen LogP contribution in [-0.4, -0.2) is 63.4 Å². The highest BCUT2D eigenvalue weighted by Crippen LogP contribution is 2.31. The molecule has 1 aliphatic rings. The molecule has 2 amide bonds. The number of hydrogen-bond donors (Lipinski definition) is 0. The van der Waals surface area contributed by atoms with Crippen LogP contribution in [0.5, 0.6) is 0 Å². The average Bonchev–Trinajstić information content (AvgIpc) is 3.00. The fraction of sp³-hybridized carbons (Fsp3) is 0.400. The van der Waals surface area contributed by atoms with E-state index in [2.05, 4.69) is 5.10 Å². The maximum Gasteiger partial charge on any atom is 0.416 e. The number of nitrogens with zero attached hydrogens (tertiary/aromatic N) is 4. The number of hydrogen-bond acceptors (Lipinski definition) is 4. The summed E-state index contributed by atoms with van der Waals surface area (Å²) in [6.45, 7) is 5.68. The van der Waals surface area contributed by atoms with Gasteiger partial charge in [-0.1, -0.05) is 6.07 Å². The van der Waals surface area contributed by atoms with E-state index in [1.165, 1.54) is 42.5 Å². The number of aromatic nitrogens is 2. The topological polar surface area (TPSA) is 75.5 Å². The number of rotatable bonds is 3. The molecule has 1 fully saturated rings. The van der Waals surface area contributed by atoms with Crippen LogP contribution in [0.4, 0.5) is 13.2 Å². The van der Waals surface area contributed by atoms with Gasteiger partial charge in [0.25, 0.3) is 11.7 Å². The van der Waals surface area contributed by atoms with E-state index in [-0.39, 0.29) is 41.6 Å². The predicted molar refractivity (Wildman–Crippen MR) is 101 cm³/mol. The van der Waals surface area contributed by atoms with Crippen LogP contribution in [0.15, 0.2) is 24.3 Å². The van der Waals surface area contributed by atoms with Crippen molar-refractivity contribution >= 4 is 17.6 Å². The Hall–Kier alpha value is -3.17. The molecule has 1 aliphatic heterocycles. The van der Waals surface area contributed by atoms with E-state index < -0.39 is 23.4 Å². The van der Waals surface area contributed by atoms with Crippen LogP contribution in [0.2, 0.25) is 0 Å². The maximum absolute atomic E-state index is 13.0. The second-order valence-electron chi connectivity index (χ2n) is 7.13. The molecule has 0 spiro atoms. The average molecular weight is 422 g/mol. The molecule has 1 aromatic carbocycles. The number of Topliss-reactive ketones (excluding diaryl/α,β-unsaturated/α-hetero) is 1. The van der Waals surface area contributed by atoms with E-state index in [1.54, 1.807) is 4.90 Å². The summed E-state index contributed by atoms with van der Waals surface area (Å²) in [5.41, 5.74) is -0.0727. The summed E-state index contributed by atoms with van der Waals surface area (Å²) < 4.78 is 40.3. The Morgan fingerprint density at radius 2 is 1.60 bits per heavy atom. The quantitative estimate of drug-likeness (QED) is 0.562. The SMILES string of the molecule is CC(=O)N1CCN(C(=O)C(=O)c2c(C)nn(-c3cccc(C(F)(F)F)c3)c2C)CC1. The number of amides is 2. The second kappa shape index (κ2) is 7.92. The fourth-order valence-corrected chi connectivity index (χ4v) is 3.51. The van der Waals surface area contributed by atoms with Crippen LogP contribution < -0.4 is 0 Å². The van der Waals surface area contributed by atoms with Gasteiger partial charge in [-0.05, 0) is 32.0 Å². The minimum Gasteiger partial charge on any atom is -0.339 e. The van der Waals surface area contributed by atoms with Crippen molar-refractivity contribution in [3.8, 4) is 5.69 Å². The lowest BCUT2D eigenvalue weighted by Gasteiger charge is -2.33. The Bertz CT molecular complexity index is 1010. The Morgan fingerprint density at radius 3 is 2.17 bits per heavy atom. The van der Waals surface area contributed by atoms with E-state index in [0.717, 1.165) is 12.1 Å². The highest BCUT2D eigenvalue weighted by Gasteiger charge is 2.33. The summed E-state index contributed by atoms with van der Waals surface area (Å²) in [5, 5.41) is 4.19. The third kappa shape index (κ3) is 4.07. The molecule has 7 nitrogen and oxygen atoms in total. The van der Waals surface area contributed by atoms with Gasteiger partial charge in [-0.15, -0.1) is 0 Å². The third-order valence-electron chi connectivity index (χ3n) is 5.14. The number of benzene rings is 1. The van der Waals surface area contributed by atoms with E-state index in [9.17, 15) is 27.6 Å². The van der Waals surface area contributed by atoms with Crippen molar-refractivity contribution in [1.29, 1.82) is 0 Å². The minimum absolute atomic E-state index is 0.0754. The summed E-state index contributed by atoms with van der Waals surface area (Å²) in [4.78, 5) is 40.0. The van der Waals surface area contributed by atoms with Crippen LogP contribution >= 0.6 is 0 Å². The fourth-order valence-electron chi connectivity index (χ4n) is 3.51. The van der Waals surface area contributed by atoms with Gasteiger partial charge in [0.1, 0.15) is 0 Å². The van der Waals surface area contributed by atoms with Crippen LogP contribution in [0, 0.1) is 13.8 Å². The first-order valence-corrected chi connectivity index (χ1v) is 9.33. The van der Waals surface area contributed by atoms with Gasteiger partial charge in [0, 0.05) is 33.1 Å². The van der Waals surface area contributed by atoms with Crippen molar-refractivity contribution in [2.24, 2.45) is 0 Å². The number of ketones is 1. The lowest BCUT2D eigenvalue weighted by molar-refractivity contribution is -0.137. The number of carbonyl (C=O) groups excluding carboxylic acids is 3. The molecule has 0 atom stereocenters. The van der Waals surface area contributed by atoms with Crippen molar-refractivity contribution < 1.29 is 27.6 Å². The molecule has 1 saturated heterocycles. The zero-order valence-corrected chi connectivity index (χ0v) is 16.8. The summed E-state index contributed by atoms with van der Waals surface area (Å²) in [6.07, 6.45) is -4.51. The Balaban J connectivity index is 1.86. The van der Waals surface area contributed by atoms with Crippen molar-refractivity contribution in [2.75, 3.05) is 26.2 Å². The smallest absolute Gasteiger partial charge is 0.339 e. The zero-order valence-electron chi connectivity index (χ0n) is 16.8. The second-order valence-corrected chi connectivity index (χ2v) is 7.13. The normalized spacial score (nSPS) is 14.7. The molecule has 10 heteroatoms. The first-order valence-electron chi connectivity index (χ1n) is 9.33. The van der Waals surface area contributed by atoms with Gasteiger partial charge in [-0.3, -0.25) is 14.4 Å². The molecule has 2 heterocycles. The standard InChI is InChI=1S/C20H21F3N4O3/c1-12-17(18(29)19(30)26-9-7-25(8-10-26)14(3)28)13(2)27(24-12)16-6-4-5-15(11-16)20(21,22)23/h4-6,11H,7-10H2,1-3H3. The Labute approximate surface area is 171 Å². The molecular formula is C20H21F3N4O3. The lowest BCUT2D eigenvalue weighted by Crippen LogP contribution is -2.51. The van der Waals surface area contributed by atoms with Gasteiger partial charge in [0.05, 0.1) is 28.2 Å². The van der Waals surface area contributed by atoms with Crippen LogP contribution in [0.25, 0.3) is 5.69 Å². The number of alkyl halides is 3. The first kappa shape index (κ1) is 21.5. The molecule has 1 aromatic heterocycles. The molecule has 2 aromatic rings.